The van der Waals surface area contributed by atoms with Gasteiger partial charge in [-0.3, -0.25) is 19.1 Å². The van der Waals surface area contributed by atoms with E-state index in [1.165, 1.54) is 30.9 Å². The van der Waals surface area contributed by atoms with E-state index in [-0.39, 0.29) is 11.3 Å². The lowest BCUT2D eigenvalue weighted by Crippen LogP contribution is -2.45. The van der Waals surface area contributed by atoms with Crippen molar-refractivity contribution in [1.82, 2.24) is 40.2 Å². The third-order valence-electron chi connectivity index (χ3n) is 5.13. The maximum absolute atomic E-state index is 13.2. The molecule has 0 aliphatic rings. The fourth-order valence-corrected chi connectivity index (χ4v) is 3.38. The number of hydrogen-bond acceptors (Lipinski definition) is 7. The average Bonchev–Trinajstić information content (AvgIpc) is 3.30. The van der Waals surface area contributed by atoms with Gasteiger partial charge in [0.15, 0.2) is 5.82 Å². The Morgan fingerprint density at radius 3 is 2.34 bits per heavy atom. The van der Waals surface area contributed by atoms with Gasteiger partial charge in [0, 0.05) is 42.6 Å². The van der Waals surface area contributed by atoms with E-state index in [0.717, 1.165) is 10.2 Å². The molecule has 0 radical (unpaired) electrons. The molecule has 4 rings (SSSR count). The van der Waals surface area contributed by atoms with E-state index in [1.54, 1.807) is 49.9 Å². The van der Waals surface area contributed by atoms with Crippen LogP contribution in [0.3, 0.4) is 0 Å². The molecule has 2 amide bonds. The standard InChI is InChI=1S/C23H21ClN8O3/c1-13(21(33)25-2)29-22(34)18-8-19(30-32(23(18)35)17-11-28-31(3)12-17)15-9-26-20(27-10-15)14-4-6-16(24)7-5-14/h4-13H,1-3H3,(H,25,33)(H,29,34)/t13-/m0/s1. The number of carbonyl (C=O) groups is 2. The van der Waals surface area contributed by atoms with Crippen molar-refractivity contribution in [2.45, 2.75) is 13.0 Å². The molecule has 4 aromatic rings. The van der Waals surface area contributed by atoms with E-state index in [9.17, 15) is 14.4 Å². The van der Waals surface area contributed by atoms with Gasteiger partial charge in [-0.15, -0.1) is 0 Å². The summed E-state index contributed by atoms with van der Waals surface area (Å²) in [4.78, 5) is 46.7. The van der Waals surface area contributed by atoms with Crippen LogP contribution in [0.25, 0.3) is 28.3 Å². The summed E-state index contributed by atoms with van der Waals surface area (Å²) < 4.78 is 2.59. The lowest BCUT2D eigenvalue weighted by atomic mass is 10.1. The molecule has 0 fully saturated rings. The molecule has 3 heterocycles. The van der Waals surface area contributed by atoms with E-state index in [4.69, 9.17) is 11.6 Å². The summed E-state index contributed by atoms with van der Waals surface area (Å²) in [6.45, 7) is 1.52. The number of nitrogens with one attached hydrogen (secondary N) is 2. The van der Waals surface area contributed by atoms with Gasteiger partial charge in [-0.05, 0) is 37.3 Å². The van der Waals surface area contributed by atoms with Gasteiger partial charge in [0.2, 0.25) is 5.91 Å². The highest BCUT2D eigenvalue weighted by Gasteiger charge is 2.22. The molecule has 0 saturated heterocycles. The molecule has 0 bridgehead atoms. The summed E-state index contributed by atoms with van der Waals surface area (Å²) in [6.07, 6.45) is 6.14. The lowest BCUT2D eigenvalue weighted by Gasteiger charge is -2.13. The highest BCUT2D eigenvalue weighted by Crippen LogP contribution is 2.21. The van der Waals surface area contributed by atoms with Crippen molar-refractivity contribution in [2.75, 3.05) is 7.05 Å². The van der Waals surface area contributed by atoms with Gasteiger partial charge in [0.05, 0.1) is 18.1 Å². The number of aryl methyl sites for hydroxylation is 1. The van der Waals surface area contributed by atoms with Crippen molar-refractivity contribution in [2.24, 2.45) is 7.05 Å². The Bertz CT molecular complexity index is 1450. The molecule has 35 heavy (non-hydrogen) atoms. The van der Waals surface area contributed by atoms with Crippen LogP contribution in [0, 0.1) is 0 Å². The Labute approximate surface area is 204 Å². The van der Waals surface area contributed by atoms with Gasteiger partial charge in [-0.1, -0.05) is 11.6 Å². The first-order valence-electron chi connectivity index (χ1n) is 10.5. The molecular weight excluding hydrogens is 472 g/mol. The number of hydrogen-bond donors (Lipinski definition) is 2. The van der Waals surface area contributed by atoms with E-state index in [1.807, 2.05) is 0 Å². The summed E-state index contributed by atoms with van der Waals surface area (Å²) >= 11 is 5.94. The third-order valence-corrected chi connectivity index (χ3v) is 5.38. The summed E-state index contributed by atoms with van der Waals surface area (Å²) in [6, 6.07) is 7.58. The second-order valence-corrected chi connectivity index (χ2v) is 8.08. The number of likely N-dealkylation sites (N-methyl/N-ethyl adjacent to an activating group) is 1. The van der Waals surface area contributed by atoms with E-state index in [2.05, 4.69) is 30.8 Å². The van der Waals surface area contributed by atoms with E-state index in [0.29, 0.717) is 22.1 Å². The molecule has 0 unspecified atom stereocenters. The highest BCUT2D eigenvalue weighted by molar-refractivity contribution is 6.30. The molecule has 11 nitrogen and oxygen atoms in total. The van der Waals surface area contributed by atoms with Gasteiger partial charge in [-0.25, -0.2) is 9.97 Å². The predicted octanol–water partition coefficient (Wildman–Crippen LogP) is 1.61. The van der Waals surface area contributed by atoms with Crippen LogP contribution >= 0.6 is 11.6 Å². The summed E-state index contributed by atoms with van der Waals surface area (Å²) in [5.41, 5.74) is 1.05. The zero-order valence-electron chi connectivity index (χ0n) is 19.1. The number of benzene rings is 1. The number of rotatable bonds is 6. The molecule has 12 heteroatoms. The van der Waals surface area contributed by atoms with Crippen molar-refractivity contribution in [3.05, 3.63) is 76.1 Å². The summed E-state index contributed by atoms with van der Waals surface area (Å²) in [7, 11) is 3.15. The largest absolute Gasteiger partial charge is 0.357 e. The Morgan fingerprint density at radius 1 is 1.06 bits per heavy atom. The van der Waals surface area contributed by atoms with Crippen LogP contribution in [-0.2, 0) is 11.8 Å². The Morgan fingerprint density at radius 2 is 1.74 bits per heavy atom. The smallest absolute Gasteiger partial charge is 0.284 e. The third kappa shape index (κ3) is 5.09. The molecule has 0 aliphatic carbocycles. The van der Waals surface area contributed by atoms with Crippen LogP contribution in [0.4, 0.5) is 0 Å². The van der Waals surface area contributed by atoms with Crippen LogP contribution in [0.15, 0.2) is 59.9 Å². The Balaban J connectivity index is 1.77. The Hall–Kier alpha value is -4.38. The topological polar surface area (TPSA) is 137 Å². The van der Waals surface area contributed by atoms with Gasteiger partial charge in [-0.2, -0.15) is 14.9 Å². The van der Waals surface area contributed by atoms with Crippen LogP contribution < -0.4 is 16.2 Å². The molecular formula is C23H21ClN8O3. The minimum absolute atomic E-state index is 0.198. The maximum Gasteiger partial charge on any atom is 0.284 e. The first kappa shape index (κ1) is 23.8. The molecule has 2 N–H and O–H groups in total. The summed E-state index contributed by atoms with van der Waals surface area (Å²) in [5, 5.41) is 14.1. The number of amides is 2. The number of halogens is 1. The highest BCUT2D eigenvalue weighted by atomic mass is 35.5. The number of nitrogens with zero attached hydrogens (tertiary/aromatic N) is 6. The zero-order valence-corrected chi connectivity index (χ0v) is 19.8. The Kier molecular flexibility index (Phi) is 6.69. The van der Waals surface area contributed by atoms with E-state index >= 15 is 0 Å². The van der Waals surface area contributed by atoms with Crippen molar-refractivity contribution in [1.29, 1.82) is 0 Å². The molecule has 3 aromatic heterocycles. The van der Waals surface area contributed by atoms with Crippen molar-refractivity contribution < 1.29 is 9.59 Å². The molecule has 0 spiro atoms. The SMILES string of the molecule is CNC(=O)[C@H](C)NC(=O)c1cc(-c2cnc(-c3ccc(Cl)cc3)nc2)nn(-c2cnn(C)c2)c1=O. The number of aromatic nitrogens is 6. The first-order valence-corrected chi connectivity index (χ1v) is 10.9. The molecule has 178 valence electrons. The van der Waals surface area contributed by atoms with Crippen molar-refractivity contribution in [3.63, 3.8) is 0 Å². The zero-order chi connectivity index (χ0) is 25.1. The average molecular weight is 493 g/mol. The predicted molar refractivity (Wildman–Crippen MR) is 129 cm³/mol. The monoisotopic (exact) mass is 492 g/mol. The lowest BCUT2D eigenvalue weighted by molar-refractivity contribution is -0.122. The first-order chi connectivity index (χ1) is 16.8. The molecule has 0 aliphatic heterocycles. The van der Waals surface area contributed by atoms with Crippen molar-refractivity contribution in [3.8, 4) is 28.3 Å². The quantitative estimate of drug-likeness (QED) is 0.417. The second kappa shape index (κ2) is 9.85. The van der Waals surface area contributed by atoms with Crippen LogP contribution in [0.2, 0.25) is 5.02 Å². The van der Waals surface area contributed by atoms with Crippen molar-refractivity contribution >= 4 is 23.4 Å². The minimum Gasteiger partial charge on any atom is -0.357 e. The van der Waals surface area contributed by atoms with Gasteiger partial charge < -0.3 is 10.6 Å². The second-order valence-electron chi connectivity index (χ2n) is 7.64. The van der Waals surface area contributed by atoms with Crippen LogP contribution in [-0.4, -0.2) is 54.4 Å². The fraction of sp³-hybridized carbons (Fsp3) is 0.174. The molecule has 0 saturated carbocycles. The van der Waals surface area contributed by atoms with Gasteiger partial charge in [0.1, 0.15) is 17.3 Å². The van der Waals surface area contributed by atoms with Gasteiger partial charge >= 0.3 is 0 Å². The molecule has 1 aromatic carbocycles. The van der Waals surface area contributed by atoms with Crippen LogP contribution in [0.1, 0.15) is 17.3 Å². The maximum atomic E-state index is 13.2. The molecule has 1 atom stereocenters. The normalized spacial score (nSPS) is 11.7. The minimum atomic E-state index is -0.850. The van der Waals surface area contributed by atoms with Gasteiger partial charge in [0.25, 0.3) is 11.5 Å². The van der Waals surface area contributed by atoms with E-state index < -0.39 is 23.4 Å². The summed E-state index contributed by atoms with van der Waals surface area (Å²) in [5.74, 6) is -0.638. The number of carbonyl (C=O) groups excluding carboxylic acids is 2. The van der Waals surface area contributed by atoms with Crippen LogP contribution in [0.5, 0.6) is 0 Å². The fourth-order valence-electron chi connectivity index (χ4n) is 3.26.